The minimum absolute atomic E-state index is 0.879. The van der Waals surface area contributed by atoms with Gasteiger partial charge >= 0.3 is 0 Å². The van der Waals surface area contributed by atoms with Crippen molar-refractivity contribution in [2.45, 2.75) is 6.42 Å². The van der Waals surface area contributed by atoms with Gasteiger partial charge in [-0.15, -0.1) is 6.58 Å². The number of nitrogens with zero attached hydrogens (tertiary/aromatic N) is 1. The number of hydrogen-bond acceptors (Lipinski definition) is 1. The van der Waals surface area contributed by atoms with E-state index in [0.29, 0.717) is 0 Å². The summed E-state index contributed by atoms with van der Waals surface area (Å²) in [6.45, 7) is 7.27. The van der Waals surface area contributed by atoms with Gasteiger partial charge in [-0.3, -0.25) is 4.98 Å². The minimum Gasteiger partial charge on any atom is -0.257 e. The molecule has 0 N–H and O–H groups in total. The Bertz CT molecular complexity index is 246. The average molecular weight is 145 g/mol. The highest BCUT2D eigenvalue weighted by molar-refractivity contribution is 5.41. The lowest BCUT2D eigenvalue weighted by molar-refractivity contribution is 1.18. The summed E-state index contributed by atoms with van der Waals surface area (Å²) in [5, 5.41) is 0. The molecule has 1 aromatic heterocycles. The van der Waals surface area contributed by atoms with Gasteiger partial charge in [0.1, 0.15) is 0 Å². The van der Waals surface area contributed by atoms with Crippen LogP contribution >= 0.6 is 0 Å². The van der Waals surface area contributed by atoms with Crippen LogP contribution in [0, 0.1) is 0 Å². The summed E-state index contributed by atoms with van der Waals surface area (Å²) in [5.41, 5.74) is 2.10. The van der Waals surface area contributed by atoms with Crippen molar-refractivity contribution < 1.29 is 0 Å². The lowest BCUT2D eigenvalue weighted by Crippen LogP contribution is -1.84. The van der Waals surface area contributed by atoms with Crippen LogP contribution in [0.3, 0.4) is 0 Å². The molecule has 1 nitrogen and oxygen atoms in total. The summed E-state index contributed by atoms with van der Waals surface area (Å²) in [6, 6.07) is 3.98. The van der Waals surface area contributed by atoms with Gasteiger partial charge in [-0.2, -0.15) is 0 Å². The van der Waals surface area contributed by atoms with Gasteiger partial charge in [-0.05, 0) is 24.1 Å². The molecule has 0 aromatic carbocycles. The summed E-state index contributed by atoms with van der Waals surface area (Å²) in [4.78, 5) is 4.15. The summed E-state index contributed by atoms with van der Waals surface area (Å²) < 4.78 is 0. The predicted molar refractivity (Wildman–Crippen MR) is 48.2 cm³/mol. The fourth-order valence-corrected chi connectivity index (χ4v) is 0.844. The third-order valence-electron chi connectivity index (χ3n) is 1.44. The standard InChI is InChI=1S/C10H11N/c1-3-5-9-6-7-10(4-2)11-8-9/h3-4,6-8H,1-2,5H2. The maximum Gasteiger partial charge on any atom is 0.0623 e. The van der Waals surface area contributed by atoms with Crippen LogP contribution in [0.15, 0.2) is 37.6 Å². The molecule has 0 amide bonds. The summed E-state index contributed by atoms with van der Waals surface area (Å²) >= 11 is 0. The Morgan fingerprint density at radius 2 is 2.18 bits per heavy atom. The normalized spacial score (nSPS) is 9.09. The average Bonchev–Trinajstić information content (AvgIpc) is 2.07. The zero-order valence-electron chi connectivity index (χ0n) is 6.46. The first-order valence-corrected chi connectivity index (χ1v) is 3.55. The molecule has 0 spiro atoms. The monoisotopic (exact) mass is 145 g/mol. The third kappa shape index (κ3) is 2.04. The molecule has 1 heterocycles. The molecular weight excluding hydrogens is 134 g/mol. The Morgan fingerprint density at radius 3 is 2.64 bits per heavy atom. The maximum atomic E-state index is 4.15. The lowest BCUT2D eigenvalue weighted by atomic mass is 10.2. The van der Waals surface area contributed by atoms with Crippen LogP contribution in [0.4, 0.5) is 0 Å². The maximum absolute atomic E-state index is 4.15. The fourth-order valence-electron chi connectivity index (χ4n) is 0.844. The molecule has 11 heavy (non-hydrogen) atoms. The molecule has 1 heteroatoms. The van der Waals surface area contributed by atoms with Crippen molar-refractivity contribution in [3.05, 3.63) is 48.8 Å². The number of rotatable bonds is 3. The molecule has 0 fully saturated rings. The molecule has 0 saturated carbocycles. The van der Waals surface area contributed by atoms with Gasteiger partial charge < -0.3 is 0 Å². The quantitative estimate of drug-likeness (QED) is 0.595. The van der Waals surface area contributed by atoms with Gasteiger partial charge in [0.05, 0.1) is 5.69 Å². The largest absolute Gasteiger partial charge is 0.257 e. The van der Waals surface area contributed by atoms with Crippen molar-refractivity contribution in [2.24, 2.45) is 0 Å². The Balaban J connectivity index is 2.81. The van der Waals surface area contributed by atoms with E-state index >= 15 is 0 Å². The molecule has 0 aliphatic rings. The van der Waals surface area contributed by atoms with Crippen LogP contribution in [0.2, 0.25) is 0 Å². The highest BCUT2D eigenvalue weighted by Crippen LogP contribution is 2.01. The molecule has 0 aliphatic carbocycles. The van der Waals surface area contributed by atoms with Gasteiger partial charge in [0, 0.05) is 6.20 Å². The molecule has 0 bridgehead atoms. The Morgan fingerprint density at radius 1 is 1.36 bits per heavy atom. The van der Waals surface area contributed by atoms with Crippen LogP contribution < -0.4 is 0 Å². The Labute approximate surface area is 67.1 Å². The number of allylic oxidation sites excluding steroid dienone is 1. The van der Waals surface area contributed by atoms with Crippen LogP contribution in [0.5, 0.6) is 0 Å². The van der Waals surface area contributed by atoms with E-state index in [1.54, 1.807) is 6.08 Å². The van der Waals surface area contributed by atoms with Crippen LogP contribution in [-0.4, -0.2) is 4.98 Å². The molecule has 0 radical (unpaired) electrons. The van der Waals surface area contributed by atoms with Crippen molar-refractivity contribution in [3.8, 4) is 0 Å². The smallest absolute Gasteiger partial charge is 0.0623 e. The molecular formula is C10H11N. The molecule has 0 atom stereocenters. The van der Waals surface area contributed by atoms with E-state index in [9.17, 15) is 0 Å². The van der Waals surface area contributed by atoms with E-state index in [0.717, 1.165) is 12.1 Å². The molecule has 0 unspecified atom stereocenters. The van der Waals surface area contributed by atoms with Gasteiger partial charge in [0.2, 0.25) is 0 Å². The van der Waals surface area contributed by atoms with Gasteiger partial charge in [-0.1, -0.05) is 18.7 Å². The van der Waals surface area contributed by atoms with Gasteiger partial charge in [0.25, 0.3) is 0 Å². The first-order chi connectivity index (χ1) is 5.36. The number of aromatic nitrogens is 1. The summed E-state index contributed by atoms with van der Waals surface area (Å²) in [7, 11) is 0. The second-order valence-electron chi connectivity index (χ2n) is 2.29. The SMILES string of the molecule is C=CCc1ccc(C=C)nc1. The van der Waals surface area contributed by atoms with Crippen molar-refractivity contribution >= 4 is 6.08 Å². The van der Waals surface area contributed by atoms with E-state index < -0.39 is 0 Å². The zero-order chi connectivity index (χ0) is 8.10. The van der Waals surface area contributed by atoms with Crippen molar-refractivity contribution in [1.82, 2.24) is 4.98 Å². The Hall–Kier alpha value is -1.37. The first-order valence-electron chi connectivity index (χ1n) is 3.55. The van der Waals surface area contributed by atoms with Crippen molar-refractivity contribution in [2.75, 3.05) is 0 Å². The van der Waals surface area contributed by atoms with Crippen molar-refractivity contribution in [3.63, 3.8) is 0 Å². The van der Waals surface area contributed by atoms with E-state index in [-0.39, 0.29) is 0 Å². The predicted octanol–water partition coefficient (Wildman–Crippen LogP) is 2.45. The first kappa shape index (κ1) is 7.73. The summed E-state index contributed by atoms with van der Waals surface area (Å²) in [5.74, 6) is 0. The molecule has 1 rings (SSSR count). The highest BCUT2D eigenvalue weighted by Gasteiger charge is 1.89. The van der Waals surface area contributed by atoms with E-state index in [4.69, 9.17) is 0 Å². The molecule has 0 saturated heterocycles. The minimum atomic E-state index is 0.879. The molecule has 1 aromatic rings. The van der Waals surface area contributed by atoms with E-state index in [1.165, 1.54) is 5.56 Å². The van der Waals surface area contributed by atoms with E-state index in [2.05, 4.69) is 18.1 Å². The second-order valence-corrected chi connectivity index (χ2v) is 2.29. The number of pyridine rings is 1. The third-order valence-corrected chi connectivity index (χ3v) is 1.44. The molecule has 56 valence electrons. The van der Waals surface area contributed by atoms with Crippen LogP contribution in [0.1, 0.15) is 11.3 Å². The van der Waals surface area contributed by atoms with Crippen molar-refractivity contribution in [1.29, 1.82) is 0 Å². The second kappa shape index (κ2) is 3.71. The van der Waals surface area contributed by atoms with Crippen LogP contribution in [0.25, 0.3) is 6.08 Å². The van der Waals surface area contributed by atoms with Gasteiger partial charge in [0.15, 0.2) is 0 Å². The molecule has 0 aliphatic heterocycles. The fraction of sp³-hybridized carbons (Fsp3) is 0.100. The highest BCUT2D eigenvalue weighted by atomic mass is 14.7. The van der Waals surface area contributed by atoms with Crippen LogP contribution in [-0.2, 0) is 6.42 Å². The Kier molecular flexibility index (Phi) is 2.61. The summed E-state index contributed by atoms with van der Waals surface area (Å²) in [6.07, 6.45) is 6.32. The van der Waals surface area contributed by atoms with Gasteiger partial charge in [-0.25, -0.2) is 0 Å². The number of hydrogen-bond donors (Lipinski definition) is 0. The topological polar surface area (TPSA) is 12.9 Å². The van der Waals surface area contributed by atoms with E-state index in [1.807, 2.05) is 24.4 Å². The zero-order valence-corrected chi connectivity index (χ0v) is 6.46. The lowest BCUT2D eigenvalue weighted by Gasteiger charge is -1.95.